The van der Waals surface area contributed by atoms with Crippen LogP contribution in [0.2, 0.25) is 0 Å². The van der Waals surface area contributed by atoms with Gasteiger partial charge in [0.25, 0.3) is 5.91 Å². The van der Waals surface area contributed by atoms with E-state index in [0.717, 1.165) is 6.07 Å². The fourth-order valence-electron chi connectivity index (χ4n) is 1.50. The number of carboxylic acids is 1. The van der Waals surface area contributed by atoms with Crippen LogP contribution in [0.5, 0.6) is 5.75 Å². The summed E-state index contributed by atoms with van der Waals surface area (Å²) in [6, 6.07) is 3.72. The van der Waals surface area contributed by atoms with E-state index in [1.54, 1.807) is 0 Å². The second-order valence-corrected chi connectivity index (χ2v) is 6.05. The van der Waals surface area contributed by atoms with Gasteiger partial charge in [0.2, 0.25) is 10.0 Å². The van der Waals surface area contributed by atoms with Crippen LogP contribution < -0.4 is 9.46 Å². The molecule has 0 atom stereocenters. The lowest BCUT2D eigenvalue weighted by atomic mass is 10.2. The number of benzene rings is 1. The molecular formula is C12H16N2O6S. The minimum absolute atomic E-state index is 0.0701. The van der Waals surface area contributed by atoms with E-state index < -0.39 is 28.4 Å². The monoisotopic (exact) mass is 316 g/mol. The quantitative estimate of drug-likeness (QED) is 0.749. The van der Waals surface area contributed by atoms with Crippen molar-refractivity contribution in [3.63, 3.8) is 0 Å². The first-order chi connectivity index (χ1) is 9.69. The van der Waals surface area contributed by atoms with Gasteiger partial charge < -0.3 is 14.7 Å². The molecule has 0 unspecified atom stereocenters. The molecule has 0 aliphatic rings. The summed E-state index contributed by atoms with van der Waals surface area (Å²) >= 11 is 0. The first kappa shape index (κ1) is 16.9. The summed E-state index contributed by atoms with van der Waals surface area (Å²) in [5.41, 5.74) is 0.0701. The Morgan fingerprint density at radius 3 is 2.43 bits per heavy atom. The van der Waals surface area contributed by atoms with Crippen molar-refractivity contribution in [3.8, 4) is 5.75 Å². The number of ether oxygens (including phenoxy) is 1. The lowest BCUT2D eigenvalue weighted by Crippen LogP contribution is -2.30. The molecule has 0 fully saturated rings. The van der Waals surface area contributed by atoms with Crippen molar-refractivity contribution in [2.75, 3.05) is 27.7 Å². The zero-order valence-electron chi connectivity index (χ0n) is 11.8. The van der Waals surface area contributed by atoms with E-state index in [-0.39, 0.29) is 16.2 Å². The van der Waals surface area contributed by atoms with Crippen molar-refractivity contribution < 1.29 is 27.9 Å². The highest BCUT2D eigenvalue weighted by molar-refractivity contribution is 7.89. The highest BCUT2D eigenvalue weighted by Crippen LogP contribution is 2.23. The van der Waals surface area contributed by atoms with Crippen molar-refractivity contribution in [2.45, 2.75) is 4.90 Å². The average molecular weight is 316 g/mol. The molecule has 2 N–H and O–H groups in total. The molecule has 0 saturated heterocycles. The van der Waals surface area contributed by atoms with Gasteiger partial charge in [0.05, 0.1) is 17.6 Å². The molecule has 1 rings (SSSR count). The Bertz CT molecular complexity index is 654. The van der Waals surface area contributed by atoms with Gasteiger partial charge in [-0.3, -0.25) is 9.59 Å². The topological polar surface area (TPSA) is 113 Å². The van der Waals surface area contributed by atoms with E-state index in [2.05, 4.69) is 0 Å². The zero-order chi connectivity index (χ0) is 16.2. The predicted molar refractivity (Wildman–Crippen MR) is 73.8 cm³/mol. The number of carbonyl (C=O) groups is 2. The summed E-state index contributed by atoms with van der Waals surface area (Å²) in [7, 11) is 0.380. The Morgan fingerprint density at radius 1 is 1.33 bits per heavy atom. The second-order valence-electron chi connectivity index (χ2n) is 4.28. The van der Waals surface area contributed by atoms with Gasteiger partial charge in [0.15, 0.2) is 0 Å². The van der Waals surface area contributed by atoms with Crippen molar-refractivity contribution in [2.24, 2.45) is 0 Å². The number of nitrogens with zero attached hydrogens (tertiary/aromatic N) is 1. The summed E-state index contributed by atoms with van der Waals surface area (Å²) in [5, 5.41) is 8.51. The highest BCUT2D eigenvalue weighted by atomic mass is 32.2. The van der Waals surface area contributed by atoms with Gasteiger partial charge in [-0.25, -0.2) is 8.42 Å². The van der Waals surface area contributed by atoms with Gasteiger partial charge in [0, 0.05) is 14.1 Å². The maximum absolute atomic E-state index is 12.0. The van der Waals surface area contributed by atoms with E-state index >= 15 is 0 Å². The molecule has 0 spiro atoms. The van der Waals surface area contributed by atoms with Crippen LogP contribution in [-0.4, -0.2) is 58.1 Å². The lowest BCUT2D eigenvalue weighted by molar-refractivity contribution is -0.135. The fraction of sp³-hybridized carbons (Fsp3) is 0.333. The van der Waals surface area contributed by atoms with Gasteiger partial charge >= 0.3 is 5.97 Å². The van der Waals surface area contributed by atoms with Crippen molar-refractivity contribution in [1.29, 1.82) is 0 Å². The van der Waals surface area contributed by atoms with Gasteiger partial charge in [-0.15, -0.1) is 0 Å². The van der Waals surface area contributed by atoms with Gasteiger partial charge in [0.1, 0.15) is 12.3 Å². The third kappa shape index (κ3) is 4.17. The number of nitrogens with one attached hydrogen (secondary N) is 1. The number of hydrogen-bond acceptors (Lipinski definition) is 5. The number of carbonyl (C=O) groups excluding carboxylic acids is 1. The van der Waals surface area contributed by atoms with Crippen LogP contribution in [0.1, 0.15) is 10.4 Å². The lowest BCUT2D eigenvalue weighted by Gasteiger charge is -2.14. The van der Waals surface area contributed by atoms with Crippen LogP contribution >= 0.6 is 0 Å². The summed E-state index contributed by atoms with van der Waals surface area (Å²) in [6.45, 7) is -0.745. The largest absolute Gasteiger partial charge is 0.496 e. The van der Waals surface area contributed by atoms with Gasteiger partial charge in [-0.2, -0.15) is 4.72 Å². The third-order valence-corrected chi connectivity index (χ3v) is 3.93. The summed E-state index contributed by atoms with van der Waals surface area (Å²) < 4.78 is 30.8. The van der Waals surface area contributed by atoms with Crippen LogP contribution in [0.4, 0.5) is 0 Å². The number of aliphatic carboxylic acids is 1. The van der Waals surface area contributed by atoms with Crippen LogP contribution in [0.3, 0.4) is 0 Å². The average Bonchev–Trinajstić information content (AvgIpc) is 2.43. The van der Waals surface area contributed by atoms with Crippen molar-refractivity contribution in [3.05, 3.63) is 23.8 Å². The molecule has 0 heterocycles. The Labute approximate surface area is 122 Å². The summed E-state index contributed by atoms with van der Waals surface area (Å²) in [6.07, 6.45) is 0. The fourth-order valence-corrected chi connectivity index (χ4v) is 2.50. The summed E-state index contributed by atoms with van der Waals surface area (Å²) in [5.74, 6) is -1.51. The molecule has 116 valence electrons. The molecule has 0 saturated carbocycles. The maximum atomic E-state index is 12.0. The highest BCUT2D eigenvalue weighted by Gasteiger charge is 2.21. The molecule has 21 heavy (non-hydrogen) atoms. The first-order valence-corrected chi connectivity index (χ1v) is 7.28. The Kier molecular flexibility index (Phi) is 5.28. The number of carboxylic acid groups (broad SMARTS) is 1. The van der Waals surface area contributed by atoms with Gasteiger partial charge in [-0.05, 0) is 18.2 Å². The first-order valence-electron chi connectivity index (χ1n) is 5.80. The van der Waals surface area contributed by atoms with E-state index in [1.807, 2.05) is 4.72 Å². The molecule has 1 aromatic rings. The number of methoxy groups -OCH3 is 1. The summed E-state index contributed by atoms with van der Waals surface area (Å²) in [4.78, 5) is 23.5. The molecule has 8 nitrogen and oxygen atoms in total. The van der Waals surface area contributed by atoms with Crippen LogP contribution in [0.25, 0.3) is 0 Å². The number of sulfonamides is 1. The van der Waals surface area contributed by atoms with Crippen LogP contribution in [-0.2, 0) is 14.8 Å². The van der Waals surface area contributed by atoms with Crippen molar-refractivity contribution >= 4 is 21.9 Å². The van der Waals surface area contributed by atoms with E-state index in [4.69, 9.17) is 9.84 Å². The van der Waals surface area contributed by atoms with E-state index in [9.17, 15) is 18.0 Å². The van der Waals surface area contributed by atoms with Crippen LogP contribution in [0.15, 0.2) is 23.1 Å². The standard InChI is InChI=1S/C12H16N2O6S/c1-14(2)12(17)9-6-8(4-5-10(9)20-3)21(18,19)13-7-11(15)16/h4-6,13H,7H2,1-3H3,(H,15,16). The third-order valence-electron chi connectivity index (χ3n) is 2.53. The molecule has 0 bridgehead atoms. The second kappa shape index (κ2) is 6.55. The molecule has 1 aromatic carbocycles. The number of rotatable bonds is 6. The Balaban J connectivity index is 3.25. The normalized spacial score (nSPS) is 11.0. The number of amides is 1. The minimum atomic E-state index is -4.02. The van der Waals surface area contributed by atoms with Crippen LogP contribution in [0, 0.1) is 0 Å². The minimum Gasteiger partial charge on any atom is -0.496 e. The predicted octanol–water partition coefficient (Wildman–Crippen LogP) is -0.240. The smallest absolute Gasteiger partial charge is 0.318 e. The number of hydrogen-bond donors (Lipinski definition) is 2. The molecule has 0 aliphatic carbocycles. The molecular weight excluding hydrogens is 300 g/mol. The molecule has 0 aromatic heterocycles. The molecule has 0 radical (unpaired) electrons. The maximum Gasteiger partial charge on any atom is 0.318 e. The van der Waals surface area contributed by atoms with Gasteiger partial charge in [-0.1, -0.05) is 0 Å². The molecule has 1 amide bonds. The zero-order valence-corrected chi connectivity index (χ0v) is 12.6. The Morgan fingerprint density at radius 2 is 1.95 bits per heavy atom. The Hall–Kier alpha value is -2.13. The molecule has 9 heteroatoms. The van der Waals surface area contributed by atoms with Crippen molar-refractivity contribution in [1.82, 2.24) is 9.62 Å². The van der Waals surface area contributed by atoms with E-state index in [1.165, 1.54) is 38.2 Å². The SMILES string of the molecule is COc1ccc(S(=O)(=O)NCC(=O)O)cc1C(=O)N(C)C. The molecule has 0 aliphatic heterocycles. The van der Waals surface area contributed by atoms with E-state index in [0.29, 0.717) is 0 Å².